The van der Waals surface area contributed by atoms with Gasteiger partial charge in [0.05, 0.1) is 21.9 Å². The lowest BCUT2D eigenvalue weighted by atomic mass is 10.8. The lowest BCUT2D eigenvalue weighted by Gasteiger charge is -2.10. The average molecular weight is 174 g/mol. The SMILES string of the molecule is CCOC(=O)OC(C)[Si]CC. The van der Waals surface area contributed by atoms with Gasteiger partial charge in [-0.05, 0) is 13.8 Å². The van der Waals surface area contributed by atoms with Crippen molar-refractivity contribution >= 4 is 15.7 Å². The Kier molecular flexibility index (Phi) is 5.92. The Hall–Kier alpha value is -0.513. The summed E-state index contributed by atoms with van der Waals surface area (Å²) in [6.07, 6.45) is -0.555. The summed E-state index contributed by atoms with van der Waals surface area (Å²) >= 11 is 0. The first kappa shape index (κ1) is 10.5. The molecular weight excluding hydrogens is 160 g/mol. The van der Waals surface area contributed by atoms with E-state index in [0.717, 1.165) is 6.04 Å². The quantitative estimate of drug-likeness (QED) is 0.480. The Morgan fingerprint density at radius 1 is 1.55 bits per heavy atom. The van der Waals surface area contributed by atoms with Crippen LogP contribution >= 0.6 is 0 Å². The minimum Gasteiger partial charge on any atom is -0.436 e. The Morgan fingerprint density at radius 2 is 2.18 bits per heavy atom. The van der Waals surface area contributed by atoms with Crippen LogP contribution in [0.4, 0.5) is 4.79 Å². The molecule has 2 radical (unpaired) electrons. The van der Waals surface area contributed by atoms with Crippen LogP contribution in [0.15, 0.2) is 0 Å². The van der Waals surface area contributed by atoms with Gasteiger partial charge in [-0.3, -0.25) is 0 Å². The van der Waals surface area contributed by atoms with Crippen molar-refractivity contribution in [3.05, 3.63) is 0 Å². The number of hydrogen-bond acceptors (Lipinski definition) is 3. The van der Waals surface area contributed by atoms with Crippen LogP contribution in [0.3, 0.4) is 0 Å². The number of carbonyl (C=O) groups is 1. The summed E-state index contributed by atoms with van der Waals surface area (Å²) in [4.78, 5) is 10.7. The molecule has 0 aliphatic heterocycles. The van der Waals surface area contributed by atoms with E-state index < -0.39 is 6.16 Å². The fraction of sp³-hybridized carbons (Fsp3) is 0.857. The maximum Gasteiger partial charge on any atom is 0.508 e. The number of hydrogen-bond donors (Lipinski definition) is 0. The van der Waals surface area contributed by atoms with Gasteiger partial charge >= 0.3 is 6.16 Å². The van der Waals surface area contributed by atoms with E-state index in [-0.39, 0.29) is 5.73 Å². The van der Waals surface area contributed by atoms with Gasteiger partial charge in [0.1, 0.15) is 0 Å². The molecule has 0 fully saturated rings. The molecule has 0 rings (SSSR count). The van der Waals surface area contributed by atoms with Crippen LogP contribution in [-0.4, -0.2) is 28.0 Å². The molecule has 0 aromatic carbocycles. The van der Waals surface area contributed by atoms with Crippen molar-refractivity contribution in [2.45, 2.75) is 32.5 Å². The molecule has 0 aliphatic rings. The summed E-state index contributed by atoms with van der Waals surface area (Å²) in [5.41, 5.74) is -0.000880. The molecule has 0 bridgehead atoms. The fourth-order valence-corrected chi connectivity index (χ4v) is 1.38. The normalized spacial score (nSPS) is 12.3. The van der Waals surface area contributed by atoms with Crippen molar-refractivity contribution in [3.63, 3.8) is 0 Å². The highest BCUT2D eigenvalue weighted by molar-refractivity contribution is 6.37. The van der Waals surface area contributed by atoms with E-state index in [1.54, 1.807) is 6.92 Å². The summed E-state index contributed by atoms with van der Waals surface area (Å²) in [7, 11) is 0.663. The van der Waals surface area contributed by atoms with Gasteiger partial charge in [-0.1, -0.05) is 13.0 Å². The van der Waals surface area contributed by atoms with E-state index >= 15 is 0 Å². The third-order valence-electron chi connectivity index (χ3n) is 1.03. The molecule has 1 atom stereocenters. The second-order valence-electron chi connectivity index (χ2n) is 2.00. The zero-order valence-electron chi connectivity index (χ0n) is 7.22. The maximum absolute atomic E-state index is 10.7. The Balaban J connectivity index is 3.40. The molecule has 1 unspecified atom stereocenters. The van der Waals surface area contributed by atoms with Gasteiger partial charge in [-0.25, -0.2) is 4.79 Å². The summed E-state index contributed by atoms with van der Waals surface area (Å²) < 4.78 is 9.48. The van der Waals surface area contributed by atoms with Crippen molar-refractivity contribution in [1.29, 1.82) is 0 Å². The molecule has 0 spiro atoms. The highest BCUT2D eigenvalue weighted by Gasteiger charge is 2.08. The van der Waals surface area contributed by atoms with E-state index in [2.05, 4.69) is 11.7 Å². The molecule has 0 aromatic heterocycles. The smallest absolute Gasteiger partial charge is 0.436 e. The minimum absolute atomic E-state index is 0.000880. The molecule has 0 aliphatic carbocycles. The molecule has 0 aromatic rings. The first-order valence-electron chi connectivity index (χ1n) is 3.77. The van der Waals surface area contributed by atoms with E-state index in [0.29, 0.717) is 16.1 Å². The highest BCUT2D eigenvalue weighted by atomic mass is 28.2. The third-order valence-corrected chi connectivity index (χ3v) is 2.13. The topological polar surface area (TPSA) is 35.5 Å². The van der Waals surface area contributed by atoms with Crippen LogP contribution < -0.4 is 0 Å². The van der Waals surface area contributed by atoms with Gasteiger partial charge in [0.2, 0.25) is 0 Å². The van der Waals surface area contributed by atoms with Crippen LogP contribution in [0.5, 0.6) is 0 Å². The van der Waals surface area contributed by atoms with Crippen molar-refractivity contribution in [1.82, 2.24) is 0 Å². The largest absolute Gasteiger partial charge is 0.508 e. The molecule has 0 saturated carbocycles. The maximum atomic E-state index is 10.7. The standard InChI is InChI=1S/C7H14O3Si/c1-4-9-7(8)10-6(3)11-5-2/h6H,4-5H2,1-3H3. The first-order chi connectivity index (χ1) is 5.20. The second-order valence-corrected chi connectivity index (χ2v) is 3.93. The molecule has 0 N–H and O–H groups in total. The first-order valence-corrected chi connectivity index (χ1v) is 5.05. The number of rotatable bonds is 4. The summed E-state index contributed by atoms with van der Waals surface area (Å²) in [5, 5.41) is 0. The van der Waals surface area contributed by atoms with Gasteiger partial charge in [-0.2, -0.15) is 0 Å². The Labute approximate surface area is 69.9 Å². The van der Waals surface area contributed by atoms with Gasteiger partial charge in [0.25, 0.3) is 0 Å². The second kappa shape index (κ2) is 6.21. The predicted molar refractivity (Wildman–Crippen MR) is 43.8 cm³/mol. The molecular formula is C7H14O3Si. The molecule has 0 amide bonds. The highest BCUT2D eigenvalue weighted by Crippen LogP contribution is 1.94. The lowest BCUT2D eigenvalue weighted by Crippen LogP contribution is -2.21. The zero-order chi connectivity index (χ0) is 8.69. The van der Waals surface area contributed by atoms with Crippen LogP contribution in [0.2, 0.25) is 6.04 Å². The third kappa shape index (κ3) is 5.91. The molecule has 0 saturated heterocycles. The zero-order valence-corrected chi connectivity index (χ0v) is 8.22. The summed E-state index contributed by atoms with van der Waals surface area (Å²) in [6, 6.07) is 1.04. The monoisotopic (exact) mass is 174 g/mol. The molecule has 64 valence electrons. The fourth-order valence-electron chi connectivity index (χ4n) is 0.625. The number of carbonyl (C=O) groups excluding carboxylic acids is 1. The molecule has 11 heavy (non-hydrogen) atoms. The molecule has 4 heteroatoms. The van der Waals surface area contributed by atoms with Crippen LogP contribution in [0, 0.1) is 0 Å². The van der Waals surface area contributed by atoms with Gasteiger partial charge < -0.3 is 9.47 Å². The van der Waals surface area contributed by atoms with E-state index in [1.165, 1.54) is 0 Å². The van der Waals surface area contributed by atoms with Crippen molar-refractivity contribution in [2.75, 3.05) is 6.61 Å². The van der Waals surface area contributed by atoms with Crippen molar-refractivity contribution in [2.24, 2.45) is 0 Å². The number of ether oxygens (including phenoxy) is 2. The van der Waals surface area contributed by atoms with E-state index in [9.17, 15) is 4.79 Å². The summed E-state index contributed by atoms with van der Waals surface area (Å²) in [6.45, 7) is 6.07. The average Bonchev–Trinajstić information content (AvgIpc) is 1.87. The van der Waals surface area contributed by atoms with Crippen LogP contribution in [0.1, 0.15) is 20.8 Å². The molecule has 0 heterocycles. The Bertz CT molecular complexity index is 116. The van der Waals surface area contributed by atoms with E-state index in [1.807, 2.05) is 6.92 Å². The van der Waals surface area contributed by atoms with Crippen molar-refractivity contribution < 1.29 is 14.3 Å². The Morgan fingerprint density at radius 3 is 2.64 bits per heavy atom. The van der Waals surface area contributed by atoms with Crippen molar-refractivity contribution in [3.8, 4) is 0 Å². The lowest BCUT2D eigenvalue weighted by molar-refractivity contribution is 0.0524. The van der Waals surface area contributed by atoms with E-state index in [4.69, 9.17) is 4.74 Å². The predicted octanol–water partition coefficient (Wildman–Crippen LogP) is 1.65. The van der Waals surface area contributed by atoms with Crippen LogP contribution in [0.25, 0.3) is 0 Å². The van der Waals surface area contributed by atoms with Gasteiger partial charge in [0.15, 0.2) is 0 Å². The summed E-state index contributed by atoms with van der Waals surface area (Å²) in [5.74, 6) is 0. The minimum atomic E-state index is -0.555. The van der Waals surface area contributed by atoms with Gasteiger partial charge in [0, 0.05) is 0 Å². The van der Waals surface area contributed by atoms with Gasteiger partial charge in [-0.15, -0.1) is 0 Å². The van der Waals surface area contributed by atoms with Crippen LogP contribution in [-0.2, 0) is 9.47 Å². The molecule has 3 nitrogen and oxygen atoms in total.